The number of hydrogen-bond donors (Lipinski definition) is 2. The van der Waals surface area contributed by atoms with E-state index in [4.69, 9.17) is 0 Å². The molecule has 1 atom stereocenters. The zero-order valence-electron chi connectivity index (χ0n) is 13.5. The van der Waals surface area contributed by atoms with Gasteiger partial charge in [-0.25, -0.2) is 0 Å². The SMILES string of the molecule is CN(CCNC(=O)C1CC12CCNCC2)Cc1ccccc1. The van der Waals surface area contributed by atoms with E-state index in [9.17, 15) is 4.79 Å². The Hall–Kier alpha value is -1.39. The number of benzene rings is 1. The molecule has 1 saturated heterocycles. The standard InChI is InChI=1S/C18H27N3O/c1-21(14-15-5-3-2-4-6-15)12-11-20-17(22)16-13-18(16)7-9-19-10-8-18/h2-6,16,19H,7-14H2,1H3,(H,20,22). The lowest BCUT2D eigenvalue weighted by Gasteiger charge is -2.23. The highest BCUT2D eigenvalue weighted by molar-refractivity contribution is 5.82. The molecule has 0 aromatic heterocycles. The molecule has 2 fully saturated rings. The Morgan fingerprint density at radius 2 is 2.05 bits per heavy atom. The lowest BCUT2D eigenvalue weighted by Crippen LogP contribution is -2.36. The molecule has 22 heavy (non-hydrogen) atoms. The van der Waals surface area contributed by atoms with Gasteiger partial charge in [0.05, 0.1) is 0 Å². The van der Waals surface area contributed by atoms with Crippen LogP contribution in [-0.4, -0.2) is 44.0 Å². The first-order valence-electron chi connectivity index (χ1n) is 8.40. The van der Waals surface area contributed by atoms with Gasteiger partial charge in [0.25, 0.3) is 0 Å². The topological polar surface area (TPSA) is 44.4 Å². The Balaban J connectivity index is 1.36. The number of nitrogens with one attached hydrogen (secondary N) is 2. The van der Waals surface area contributed by atoms with Crippen molar-refractivity contribution in [3.05, 3.63) is 35.9 Å². The van der Waals surface area contributed by atoms with Crippen LogP contribution in [0.15, 0.2) is 30.3 Å². The van der Waals surface area contributed by atoms with Crippen LogP contribution in [0.4, 0.5) is 0 Å². The second-order valence-corrected chi connectivity index (χ2v) is 6.88. The second kappa shape index (κ2) is 6.80. The van der Waals surface area contributed by atoms with Gasteiger partial charge >= 0.3 is 0 Å². The van der Waals surface area contributed by atoms with E-state index in [1.54, 1.807) is 0 Å². The fourth-order valence-corrected chi connectivity index (χ4v) is 3.66. The number of nitrogens with zero attached hydrogens (tertiary/aromatic N) is 1. The third kappa shape index (κ3) is 3.68. The van der Waals surface area contributed by atoms with Gasteiger partial charge in [0.1, 0.15) is 0 Å². The smallest absolute Gasteiger partial charge is 0.223 e. The van der Waals surface area contributed by atoms with Crippen molar-refractivity contribution in [3.8, 4) is 0 Å². The first kappa shape index (κ1) is 15.5. The summed E-state index contributed by atoms with van der Waals surface area (Å²) >= 11 is 0. The molecule has 0 bridgehead atoms. The highest BCUT2D eigenvalue weighted by Gasteiger charge is 2.57. The molecule has 1 aromatic rings. The van der Waals surface area contributed by atoms with E-state index in [2.05, 4.69) is 46.8 Å². The highest BCUT2D eigenvalue weighted by atomic mass is 16.2. The number of piperidine rings is 1. The maximum atomic E-state index is 12.3. The van der Waals surface area contributed by atoms with Crippen LogP contribution in [0.2, 0.25) is 0 Å². The summed E-state index contributed by atoms with van der Waals surface area (Å²) in [5.74, 6) is 0.545. The van der Waals surface area contributed by atoms with Gasteiger partial charge in [-0.15, -0.1) is 0 Å². The Morgan fingerprint density at radius 3 is 2.77 bits per heavy atom. The number of hydrogen-bond acceptors (Lipinski definition) is 3. The summed E-state index contributed by atoms with van der Waals surface area (Å²) in [7, 11) is 2.10. The lowest BCUT2D eigenvalue weighted by atomic mass is 9.92. The number of rotatable bonds is 6. The van der Waals surface area contributed by atoms with E-state index in [-0.39, 0.29) is 11.8 Å². The van der Waals surface area contributed by atoms with Gasteiger partial charge in [0.2, 0.25) is 5.91 Å². The molecule has 1 spiro atoms. The predicted molar refractivity (Wildman–Crippen MR) is 88.4 cm³/mol. The van der Waals surface area contributed by atoms with Crippen LogP contribution in [0.5, 0.6) is 0 Å². The number of carbonyl (C=O) groups is 1. The van der Waals surface area contributed by atoms with Crippen LogP contribution in [0.25, 0.3) is 0 Å². The lowest BCUT2D eigenvalue weighted by molar-refractivity contribution is -0.123. The quantitative estimate of drug-likeness (QED) is 0.839. The van der Waals surface area contributed by atoms with E-state index in [0.29, 0.717) is 5.41 Å². The first-order chi connectivity index (χ1) is 10.7. The minimum Gasteiger partial charge on any atom is -0.355 e. The molecule has 3 rings (SSSR count). The molecule has 4 heteroatoms. The molecule has 0 radical (unpaired) electrons. The minimum absolute atomic E-state index is 0.272. The van der Waals surface area contributed by atoms with E-state index in [1.165, 1.54) is 18.4 Å². The number of carbonyl (C=O) groups excluding carboxylic acids is 1. The summed E-state index contributed by atoms with van der Waals surface area (Å²) in [6.45, 7) is 4.71. The Kier molecular flexibility index (Phi) is 4.79. The zero-order valence-corrected chi connectivity index (χ0v) is 13.5. The van der Waals surface area contributed by atoms with E-state index in [1.807, 2.05) is 6.07 Å². The van der Waals surface area contributed by atoms with Gasteiger partial charge in [-0.1, -0.05) is 30.3 Å². The molecular formula is C18H27N3O. The van der Waals surface area contributed by atoms with Crippen LogP contribution >= 0.6 is 0 Å². The maximum Gasteiger partial charge on any atom is 0.223 e. The fraction of sp³-hybridized carbons (Fsp3) is 0.611. The fourth-order valence-electron chi connectivity index (χ4n) is 3.66. The Labute approximate surface area is 133 Å². The van der Waals surface area contributed by atoms with Gasteiger partial charge in [0.15, 0.2) is 0 Å². The van der Waals surface area contributed by atoms with Crippen LogP contribution in [0, 0.1) is 11.3 Å². The van der Waals surface area contributed by atoms with Gasteiger partial charge in [-0.3, -0.25) is 4.79 Å². The monoisotopic (exact) mass is 301 g/mol. The molecule has 1 saturated carbocycles. The van der Waals surface area contributed by atoms with Crippen molar-refractivity contribution in [2.45, 2.75) is 25.8 Å². The Bertz CT molecular complexity index is 496. The second-order valence-electron chi connectivity index (χ2n) is 6.88. The van der Waals surface area contributed by atoms with Crippen molar-refractivity contribution in [2.75, 3.05) is 33.2 Å². The third-order valence-corrected chi connectivity index (χ3v) is 5.19. The van der Waals surface area contributed by atoms with Crippen molar-refractivity contribution >= 4 is 5.91 Å². The van der Waals surface area contributed by atoms with Gasteiger partial charge in [0, 0.05) is 25.6 Å². The van der Waals surface area contributed by atoms with E-state index < -0.39 is 0 Å². The summed E-state index contributed by atoms with van der Waals surface area (Å²) in [6.07, 6.45) is 3.43. The van der Waals surface area contributed by atoms with Crippen LogP contribution in [-0.2, 0) is 11.3 Å². The minimum atomic E-state index is 0.272. The summed E-state index contributed by atoms with van der Waals surface area (Å²) < 4.78 is 0. The van der Waals surface area contributed by atoms with Crippen molar-refractivity contribution in [1.82, 2.24) is 15.5 Å². The van der Waals surface area contributed by atoms with E-state index >= 15 is 0 Å². The van der Waals surface area contributed by atoms with Crippen molar-refractivity contribution in [3.63, 3.8) is 0 Å². The molecule has 1 aliphatic carbocycles. The van der Waals surface area contributed by atoms with Gasteiger partial charge in [-0.05, 0) is 50.4 Å². The zero-order chi connectivity index (χ0) is 15.4. The summed E-state index contributed by atoms with van der Waals surface area (Å²) in [5, 5.41) is 6.51. The van der Waals surface area contributed by atoms with Crippen LogP contribution in [0.1, 0.15) is 24.8 Å². The number of amides is 1. The van der Waals surface area contributed by atoms with Crippen LogP contribution < -0.4 is 10.6 Å². The van der Waals surface area contributed by atoms with Crippen molar-refractivity contribution < 1.29 is 4.79 Å². The molecule has 1 aromatic carbocycles. The molecule has 120 valence electrons. The largest absolute Gasteiger partial charge is 0.355 e. The highest BCUT2D eigenvalue weighted by Crippen LogP contribution is 2.58. The molecule has 1 amide bonds. The maximum absolute atomic E-state index is 12.3. The molecule has 2 aliphatic rings. The van der Waals surface area contributed by atoms with Crippen molar-refractivity contribution in [2.24, 2.45) is 11.3 Å². The molecule has 1 unspecified atom stereocenters. The van der Waals surface area contributed by atoms with Crippen molar-refractivity contribution in [1.29, 1.82) is 0 Å². The third-order valence-electron chi connectivity index (χ3n) is 5.19. The predicted octanol–water partition coefficient (Wildman–Crippen LogP) is 1.62. The first-order valence-corrected chi connectivity index (χ1v) is 8.40. The molecular weight excluding hydrogens is 274 g/mol. The molecule has 2 N–H and O–H groups in total. The average Bonchev–Trinajstić information content (AvgIpc) is 3.22. The van der Waals surface area contributed by atoms with Crippen LogP contribution in [0.3, 0.4) is 0 Å². The summed E-state index contributed by atoms with van der Waals surface area (Å²) in [5.41, 5.74) is 1.65. The summed E-state index contributed by atoms with van der Waals surface area (Å²) in [6, 6.07) is 10.4. The van der Waals surface area contributed by atoms with E-state index in [0.717, 1.165) is 39.1 Å². The normalized spacial score (nSPS) is 22.7. The van der Waals surface area contributed by atoms with Gasteiger partial charge in [-0.2, -0.15) is 0 Å². The van der Waals surface area contributed by atoms with Gasteiger partial charge < -0.3 is 15.5 Å². The molecule has 4 nitrogen and oxygen atoms in total. The number of likely N-dealkylation sites (N-methyl/N-ethyl adjacent to an activating group) is 1. The molecule has 1 aliphatic heterocycles. The molecule has 1 heterocycles. The average molecular weight is 301 g/mol. The Morgan fingerprint density at radius 1 is 1.32 bits per heavy atom. The summed E-state index contributed by atoms with van der Waals surface area (Å²) in [4.78, 5) is 14.5.